The Morgan fingerprint density at radius 1 is 1.57 bits per heavy atom. The summed E-state index contributed by atoms with van der Waals surface area (Å²) in [5, 5.41) is 3.55. The van der Waals surface area contributed by atoms with Crippen LogP contribution >= 0.6 is 22.9 Å². The fraction of sp³-hybridized carbons (Fsp3) is 0.600. The van der Waals surface area contributed by atoms with Crippen molar-refractivity contribution in [1.82, 2.24) is 5.32 Å². The van der Waals surface area contributed by atoms with Gasteiger partial charge in [0.25, 0.3) is 0 Å². The molecule has 4 heteroatoms. The van der Waals surface area contributed by atoms with E-state index in [0.29, 0.717) is 18.1 Å². The van der Waals surface area contributed by atoms with Crippen LogP contribution in [-0.2, 0) is 0 Å². The molecule has 1 heterocycles. The van der Waals surface area contributed by atoms with Crippen molar-refractivity contribution in [3.8, 4) is 0 Å². The molecule has 1 aromatic heterocycles. The van der Waals surface area contributed by atoms with Gasteiger partial charge in [-0.3, -0.25) is 0 Å². The van der Waals surface area contributed by atoms with Gasteiger partial charge in [0.05, 0.1) is 4.34 Å². The predicted octanol–water partition coefficient (Wildman–Crippen LogP) is 2.54. The molecule has 1 aliphatic carbocycles. The van der Waals surface area contributed by atoms with E-state index in [1.807, 2.05) is 6.07 Å². The van der Waals surface area contributed by atoms with Gasteiger partial charge in [0, 0.05) is 23.0 Å². The Hall–Kier alpha value is -0.0900. The first kappa shape index (κ1) is 10.4. The molecule has 0 aromatic carbocycles. The van der Waals surface area contributed by atoms with Gasteiger partial charge in [0.2, 0.25) is 0 Å². The normalized spacial score (nSPS) is 28.5. The fourth-order valence-electron chi connectivity index (χ4n) is 1.79. The van der Waals surface area contributed by atoms with Crippen LogP contribution in [0.25, 0.3) is 0 Å². The van der Waals surface area contributed by atoms with Crippen LogP contribution in [0, 0.1) is 0 Å². The van der Waals surface area contributed by atoms with Crippen molar-refractivity contribution in [2.75, 3.05) is 0 Å². The van der Waals surface area contributed by atoms with Crippen LogP contribution in [0.1, 0.15) is 30.7 Å². The second-order valence-corrected chi connectivity index (χ2v) is 5.71. The van der Waals surface area contributed by atoms with Gasteiger partial charge in [0.15, 0.2) is 0 Å². The molecule has 0 radical (unpaired) electrons. The predicted molar refractivity (Wildman–Crippen MR) is 61.9 cm³/mol. The molecule has 3 N–H and O–H groups in total. The van der Waals surface area contributed by atoms with Gasteiger partial charge in [-0.05, 0) is 31.9 Å². The number of nitrogens with one attached hydrogen (secondary N) is 1. The zero-order chi connectivity index (χ0) is 10.1. The van der Waals surface area contributed by atoms with Gasteiger partial charge in [-0.25, -0.2) is 0 Å². The van der Waals surface area contributed by atoms with Crippen LogP contribution in [0.15, 0.2) is 12.1 Å². The first-order chi connectivity index (χ1) is 6.65. The highest BCUT2D eigenvalue weighted by Gasteiger charge is 2.27. The summed E-state index contributed by atoms with van der Waals surface area (Å²) in [5.74, 6) is 0. The summed E-state index contributed by atoms with van der Waals surface area (Å²) in [6.45, 7) is 2.17. The maximum Gasteiger partial charge on any atom is 0.0931 e. The van der Waals surface area contributed by atoms with Crippen molar-refractivity contribution < 1.29 is 0 Å². The van der Waals surface area contributed by atoms with Gasteiger partial charge in [0.1, 0.15) is 0 Å². The van der Waals surface area contributed by atoms with Gasteiger partial charge >= 0.3 is 0 Å². The molecular formula is C10H15ClN2S. The van der Waals surface area contributed by atoms with E-state index in [4.69, 9.17) is 17.3 Å². The lowest BCUT2D eigenvalue weighted by Crippen LogP contribution is -2.48. The Balaban J connectivity index is 1.86. The molecule has 1 saturated carbocycles. The van der Waals surface area contributed by atoms with Crippen LogP contribution < -0.4 is 11.1 Å². The summed E-state index contributed by atoms with van der Waals surface area (Å²) in [7, 11) is 0. The van der Waals surface area contributed by atoms with E-state index in [-0.39, 0.29) is 0 Å². The maximum absolute atomic E-state index is 5.88. The molecule has 2 nitrogen and oxygen atoms in total. The van der Waals surface area contributed by atoms with Crippen molar-refractivity contribution >= 4 is 22.9 Å². The van der Waals surface area contributed by atoms with E-state index in [1.54, 1.807) is 11.3 Å². The molecule has 2 rings (SSSR count). The van der Waals surface area contributed by atoms with Crippen LogP contribution in [0.3, 0.4) is 0 Å². The molecule has 1 aliphatic rings. The number of rotatable bonds is 3. The second-order valence-electron chi connectivity index (χ2n) is 3.96. The van der Waals surface area contributed by atoms with E-state index in [9.17, 15) is 0 Å². The average molecular weight is 231 g/mol. The Morgan fingerprint density at radius 2 is 2.29 bits per heavy atom. The molecule has 1 unspecified atom stereocenters. The summed E-state index contributed by atoms with van der Waals surface area (Å²) in [6, 6.07) is 5.44. The van der Waals surface area contributed by atoms with Crippen LogP contribution in [0.5, 0.6) is 0 Å². The Morgan fingerprint density at radius 3 is 2.79 bits per heavy atom. The van der Waals surface area contributed by atoms with E-state index in [1.165, 1.54) is 4.88 Å². The highest BCUT2D eigenvalue weighted by atomic mass is 35.5. The van der Waals surface area contributed by atoms with Gasteiger partial charge in [-0.1, -0.05) is 11.6 Å². The molecule has 0 bridgehead atoms. The zero-order valence-electron chi connectivity index (χ0n) is 8.16. The molecule has 1 aromatic rings. The Bertz CT molecular complexity index is 307. The summed E-state index contributed by atoms with van der Waals surface area (Å²) in [6.07, 6.45) is 2.20. The van der Waals surface area contributed by atoms with Crippen molar-refractivity contribution in [3.63, 3.8) is 0 Å². The number of thiophene rings is 1. The summed E-state index contributed by atoms with van der Waals surface area (Å²) >= 11 is 7.53. The van der Waals surface area contributed by atoms with Gasteiger partial charge in [-0.2, -0.15) is 0 Å². The highest BCUT2D eigenvalue weighted by Crippen LogP contribution is 2.28. The van der Waals surface area contributed by atoms with Crippen molar-refractivity contribution in [2.45, 2.75) is 37.9 Å². The minimum Gasteiger partial charge on any atom is -0.328 e. The van der Waals surface area contributed by atoms with Gasteiger partial charge < -0.3 is 11.1 Å². The van der Waals surface area contributed by atoms with Crippen molar-refractivity contribution in [3.05, 3.63) is 21.3 Å². The minimum absolute atomic E-state index is 0.394. The number of hydrogen-bond donors (Lipinski definition) is 2. The number of nitrogens with two attached hydrogens (primary N) is 1. The molecule has 0 amide bonds. The molecule has 1 atom stereocenters. The van der Waals surface area contributed by atoms with E-state index in [0.717, 1.165) is 17.2 Å². The maximum atomic E-state index is 5.88. The van der Waals surface area contributed by atoms with Crippen LogP contribution in [0.4, 0.5) is 0 Å². The third-order valence-electron chi connectivity index (χ3n) is 2.68. The lowest BCUT2D eigenvalue weighted by molar-refractivity contribution is 0.273. The summed E-state index contributed by atoms with van der Waals surface area (Å²) < 4.78 is 0.860. The summed E-state index contributed by atoms with van der Waals surface area (Å²) in [4.78, 5) is 1.30. The molecule has 0 saturated heterocycles. The van der Waals surface area contributed by atoms with E-state index >= 15 is 0 Å². The van der Waals surface area contributed by atoms with Gasteiger partial charge in [-0.15, -0.1) is 11.3 Å². The average Bonchev–Trinajstić information content (AvgIpc) is 2.49. The molecule has 78 valence electrons. The highest BCUT2D eigenvalue weighted by molar-refractivity contribution is 7.16. The minimum atomic E-state index is 0.394. The first-order valence-electron chi connectivity index (χ1n) is 4.92. The standard InChI is InChI=1S/C10H15ClN2S/c1-6(9-2-3-10(11)14-9)13-8-4-7(12)5-8/h2-3,6-8,13H,4-5,12H2,1H3. The molecule has 14 heavy (non-hydrogen) atoms. The van der Waals surface area contributed by atoms with Crippen molar-refractivity contribution in [2.24, 2.45) is 5.73 Å². The second kappa shape index (κ2) is 4.19. The third-order valence-corrected chi connectivity index (χ3v) is 4.09. The van der Waals surface area contributed by atoms with Crippen molar-refractivity contribution in [1.29, 1.82) is 0 Å². The quantitative estimate of drug-likeness (QED) is 0.838. The van der Waals surface area contributed by atoms with Crippen LogP contribution in [-0.4, -0.2) is 12.1 Å². The number of halogens is 1. The SMILES string of the molecule is CC(NC1CC(N)C1)c1ccc(Cl)s1. The lowest BCUT2D eigenvalue weighted by Gasteiger charge is -2.35. The molecule has 1 fully saturated rings. The summed E-state index contributed by atoms with van der Waals surface area (Å²) in [5.41, 5.74) is 5.73. The van der Waals surface area contributed by atoms with E-state index < -0.39 is 0 Å². The first-order valence-corrected chi connectivity index (χ1v) is 6.11. The Labute approximate surface area is 93.4 Å². The largest absolute Gasteiger partial charge is 0.328 e. The smallest absolute Gasteiger partial charge is 0.0931 e. The van der Waals surface area contributed by atoms with E-state index in [2.05, 4.69) is 18.3 Å². The lowest BCUT2D eigenvalue weighted by atomic mass is 9.87. The molecule has 0 aliphatic heterocycles. The Kier molecular flexibility index (Phi) is 3.12. The monoisotopic (exact) mass is 230 g/mol. The topological polar surface area (TPSA) is 38.0 Å². The van der Waals surface area contributed by atoms with Crippen LogP contribution in [0.2, 0.25) is 4.34 Å². The fourth-order valence-corrected chi connectivity index (χ4v) is 2.87. The zero-order valence-corrected chi connectivity index (χ0v) is 9.74. The number of hydrogen-bond acceptors (Lipinski definition) is 3. The third kappa shape index (κ3) is 2.28. The molecule has 0 spiro atoms. The molecular weight excluding hydrogens is 216 g/mol.